The van der Waals surface area contributed by atoms with Gasteiger partial charge in [0.1, 0.15) is 22.9 Å². The van der Waals surface area contributed by atoms with E-state index in [2.05, 4.69) is 30.6 Å². The van der Waals surface area contributed by atoms with Gasteiger partial charge in [0.05, 0.1) is 17.0 Å². The van der Waals surface area contributed by atoms with Crippen molar-refractivity contribution in [2.24, 2.45) is 5.92 Å². The average Bonchev–Trinajstić information content (AvgIpc) is 3.40. The molecule has 0 aliphatic carbocycles. The topological polar surface area (TPSA) is 85.5 Å². The summed E-state index contributed by atoms with van der Waals surface area (Å²) in [5.74, 6) is 0.712. The molecule has 0 fully saturated rings. The molecule has 0 spiro atoms. The molecule has 2 aromatic carbocycles. The number of fused-ring (bicyclic) bond motifs is 2. The third-order valence-electron chi connectivity index (χ3n) is 5.59. The van der Waals surface area contributed by atoms with Gasteiger partial charge in [-0.3, -0.25) is 14.5 Å². The Labute approximate surface area is 200 Å². The SMILES string of the molecule is C=CCOc1ccc(C2c3c(oc4ccccc4c3=O)C(=O)N2c2nnc(CC(C)C)s2)cc1. The Kier molecular flexibility index (Phi) is 5.75. The highest BCUT2D eigenvalue weighted by molar-refractivity contribution is 7.15. The molecule has 0 radical (unpaired) electrons. The maximum atomic E-state index is 13.6. The van der Waals surface area contributed by atoms with E-state index in [1.54, 1.807) is 30.3 Å². The number of carbonyl (C=O) groups is 1. The summed E-state index contributed by atoms with van der Waals surface area (Å²) in [5, 5.41) is 10.3. The number of amides is 1. The Morgan fingerprint density at radius 3 is 2.65 bits per heavy atom. The van der Waals surface area contributed by atoms with Crippen molar-refractivity contribution in [2.45, 2.75) is 26.3 Å². The molecular weight excluding hydrogens is 450 g/mol. The van der Waals surface area contributed by atoms with Crippen molar-refractivity contribution in [3.8, 4) is 5.75 Å². The van der Waals surface area contributed by atoms with Crippen molar-refractivity contribution in [3.05, 3.63) is 93.3 Å². The van der Waals surface area contributed by atoms with Gasteiger partial charge in [-0.15, -0.1) is 10.2 Å². The molecule has 8 heteroatoms. The smallest absolute Gasteiger partial charge is 0.297 e. The third-order valence-corrected chi connectivity index (χ3v) is 6.53. The summed E-state index contributed by atoms with van der Waals surface area (Å²) in [6.07, 6.45) is 2.43. The van der Waals surface area contributed by atoms with E-state index < -0.39 is 11.9 Å². The van der Waals surface area contributed by atoms with Crippen LogP contribution in [0, 0.1) is 5.92 Å². The Bertz CT molecular complexity index is 1440. The van der Waals surface area contributed by atoms with E-state index in [4.69, 9.17) is 9.15 Å². The predicted octanol–water partition coefficient (Wildman–Crippen LogP) is 5.16. The Hall–Kier alpha value is -3.78. The molecule has 7 nitrogen and oxygen atoms in total. The summed E-state index contributed by atoms with van der Waals surface area (Å²) in [5.41, 5.74) is 1.22. The lowest BCUT2D eigenvalue weighted by molar-refractivity contribution is 0.0970. The van der Waals surface area contributed by atoms with Crippen LogP contribution in [-0.4, -0.2) is 22.7 Å². The molecule has 0 saturated heterocycles. The van der Waals surface area contributed by atoms with Crippen LogP contribution in [-0.2, 0) is 6.42 Å². The zero-order valence-corrected chi connectivity index (χ0v) is 19.7. The van der Waals surface area contributed by atoms with Gasteiger partial charge in [0, 0.05) is 6.42 Å². The lowest BCUT2D eigenvalue weighted by Crippen LogP contribution is -2.29. The first-order valence-electron chi connectivity index (χ1n) is 11.0. The standard InChI is InChI=1S/C26H23N3O4S/c1-4-13-32-17-11-9-16(10-12-17)22-21-23(30)18-7-5-6-8-19(18)33-24(21)25(31)29(22)26-28-27-20(34-26)14-15(2)3/h4-12,15,22H,1,13-14H2,2-3H3. The highest BCUT2D eigenvalue weighted by atomic mass is 32.1. The summed E-state index contributed by atoms with van der Waals surface area (Å²) < 4.78 is 11.6. The minimum Gasteiger partial charge on any atom is -0.490 e. The molecule has 2 aromatic heterocycles. The lowest BCUT2D eigenvalue weighted by Gasteiger charge is -2.22. The number of aromatic nitrogens is 2. The number of carbonyl (C=O) groups excluding carboxylic acids is 1. The molecule has 1 atom stereocenters. The summed E-state index contributed by atoms with van der Waals surface area (Å²) >= 11 is 1.36. The average molecular weight is 474 g/mol. The highest BCUT2D eigenvalue weighted by Gasteiger charge is 2.45. The first kappa shape index (κ1) is 22.0. The molecule has 172 valence electrons. The van der Waals surface area contributed by atoms with E-state index in [1.807, 2.05) is 24.3 Å². The molecule has 1 unspecified atom stereocenters. The minimum atomic E-state index is -0.684. The van der Waals surface area contributed by atoms with Gasteiger partial charge in [-0.05, 0) is 35.7 Å². The number of benzene rings is 2. The molecular formula is C26H23N3O4S. The fourth-order valence-electron chi connectivity index (χ4n) is 4.11. The molecule has 1 aliphatic rings. The number of anilines is 1. The first-order valence-corrected chi connectivity index (χ1v) is 11.8. The second-order valence-electron chi connectivity index (χ2n) is 8.49. The van der Waals surface area contributed by atoms with Crippen molar-refractivity contribution >= 4 is 33.3 Å². The van der Waals surface area contributed by atoms with E-state index >= 15 is 0 Å². The van der Waals surface area contributed by atoms with Crippen molar-refractivity contribution in [3.63, 3.8) is 0 Å². The predicted molar refractivity (Wildman–Crippen MR) is 132 cm³/mol. The Morgan fingerprint density at radius 1 is 1.15 bits per heavy atom. The summed E-state index contributed by atoms with van der Waals surface area (Å²) in [7, 11) is 0. The Balaban J connectivity index is 1.67. The summed E-state index contributed by atoms with van der Waals surface area (Å²) in [6, 6.07) is 13.6. The normalized spacial score (nSPS) is 15.2. The van der Waals surface area contributed by atoms with Crippen molar-refractivity contribution in [1.82, 2.24) is 10.2 Å². The van der Waals surface area contributed by atoms with Crippen LogP contribution >= 0.6 is 11.3 Å². The fourth-order valence-corrected chi connectivity index (χ4v) is 5.19. The van der Waals surface area contributed by atoms with Crippen LogP contribution in [0.3, 0.4) is 0 Å². The molecule has 1 aliphatic heterocycles. The first-order chi connectivity index (χ1) is 16.5. The molecule has 5 rings (SSSR count). The molecule has 34 heavy (non-hydrogen) atoms. The van der Waals surface area contributed by atoms with Crippen molar-refractivity contribution in [1.29, 1.82) is 0 Å². The molecule has 4 aromatic rings. The van der Waals surface area contributed by atoms with Gasteiger partial charge in [0.15, 0.2) is 5.43 Å². The maximum absolute atomic E-state index is 13.6. The lowest BCUT2D eigenvalue weighted by atomic mass is 9.98. The van der Waals surface area contributed by atoms with Gasteiger partial charge in [0.25, 0.3) is 5.91 Å². The van der Waals surface area contributed by atoms with E-state index in [9.17, 15) is 9.59 Å². The molecule has 0 bridgehead atoms. The summed E-state index contributed by atoms with van der Waals surface area (Å²) in [4.78, 5) is 28.7. The number of nitrogens with zero attached hydrogens (tertiary/aromatic N) is 3. The largest absolute Gasteiger partial charge is 0.490 e. The van der Waals surface area contributed by atoms with Crippen LogP contribution in [0.4, 0.5) is 5.13 Å². The number of rotatable bonds is 7. The molecule has 3 heterocycles. The number of hydrogen-bond donors (Lipinski definition) is 0. The van der Waals surface area contributed by atoms with E-state index in [0.717, 1.165) is 17.0 Å². The van der Waals surface area contributed by atoms with E-state index in [-0.39, 0.29) is 11.2 Å². The van der Waals surface area contributed by atoms with Gasteiger partial charge in [-0.25, -0.2) is 0 Å². The monoisotopic (exact) mass is 473 g/mol. The fraction of sp³-hybridized carbons (Fsp3) is 0.231. The van der Waals surface area contributed by atoms with Crippen molar-refractivity contribution < 1.29 is 13.9 Å². The van der Waals surface area contributed by atoms with Gasteiger partial charge in [0.2, 0.25) is 10.9 Å². The summed E-state index contributed by atoms with van der Waals surface area (Å²) in [6.45, 7) is 8.25. The van der Waals surface area contributed by atoms with Crippen LogP contribution in [0.2, 0.25) is 0 Å². The molecule has 1 amide bonds. The maximum Gasteiger partial charge on any atom is 0.297 e. The van der Waals surface area contributed by atoms with E-state index in [0.29, 0.717) is 39.9 Å². The van der Waals surface area contributed by atoms with Crippen LogP contribution in [0.5, 0.6) is 5.75 Å². The minimum absolute atomic E-state index is 0.0429. The van der Waals surface area contributed by atoms with E-state index in [1.165, 1.54) is 16.2 Å². The van der Waals surface area contributed by atoms with Crippen molar-refractivity contribution in [2.75, 3.05) is 11.5 Å². The van der Waals surface area contributed by atoms with Gasteiger partial charge >= 0.3 is 0 Å². The molecule has 0 N–H and O–H groups in total. The quantitative estimate of drug-likeness (QED) is 0.345. The highest BCUT2D eigenvalue weighted by Crippen LogP contribution is 2.42. The number of ether oxygens (including phenoxy) is 1. The molecule has 0 saturated carbocycles. The van der Waals surface area contributed by atoms with Crippen LogP contribution < -0.4 is 15.1 Å². The zero-order chi connectivity index (χ0) is 23.8. The van der Waals surface area contributed by atoms with Gasteiger partial charge < -0.3 is 9.15 Å². The second-order valence-corrected chi connectivity index (χ2v) is 9.53. The Morgan fingerprint density at radius 2 is 1.91 bits per heavy atom. The number of para-hydroxylation sites is 1. The van der Waals surface area contributed by atoms with Gasteiger partial charge in [-0.1, -0.05) is 62.1 Å². The van der Waals surface area contributed by atoms with Crippen LogP contribution in [0.25, 0.3) is 11.0 Å². The van der Waals surface area contributed by atoms with Gasteiger partial charge in [-0.2, -0.15) is 0 Å². The third kappa shape index (κ3) is 3.80. The number of hydrogen-bond acceptors (Lipinski definition) is 7. The zero-order valence-electron chi connectivity index (χ0n) is 18.9. The second kappa shape index (κ2) is 8.87. The van der Waals surface area contributed by atoms with Crippen LogP contribution in [0.15, 0.2) is 70.4 Å². The van der Waals surface area contributed by atoms with Crippen LogP contribution in [0.1, 0.15) is 46.6 Å².